The predicted octanol–water partition coefficient (Wildman–Crippen LogP) is 2.70. The molecule has 0 saturated heterocycles. The van der Waals surface area contributed by atoms with Crippen LogP contribution in [0.5, 0.6) is 5.75 Å². The third-order valence-corrected chi connectivity index (χ3v) is 3.50. The highest BCUT2D eigenvalue weighted by Gasteiger charge is 2.41. The second kappa shape index (κ2) is 3.24. The first-order valence-corrected chi connectivity index (χ1v) is 5.45. The lowest BCUT2D eigenvalue weighted by Gasteiger charge is -2.25. The SMILES string of the molecule is CC1c2cc(Br)ccc2OC1(C)CO. The van der Waals surface area contributed by atoms with Gasteiger partial charge in [-0.2, -0.15) is 0 Å². The zero-order valence-electron chi connectivity index (χ0n) is 8.25. The molecule has 2 nitrogen and oxygen atoms in total. The third kappa shape index (κ3) is 1.35. The minimum Gasteiger partial charge on any atom is -0.484 e. The van der Waals surface area contributed by atoms with E-state index >= 15 is 0 Å². The van der Waals surface area contributed by atoms with E-state index < -0.39 is 5.60 Å². The molecular formula is C11H13BrO2. The van der Waals surface area contributed by atoms with E-state index in [1.54, 1.807) is 0 Å². The smallest absolute Gasteiger partial charge is 0.136 e. The van der Waals surface area contributed by atoms with Crippen molar-refractivity contribution in [3.63, 3.8) is 0 Å². The van der Waals surface area contributed by atoms with E-state index in [1.165, 1.54) is 0 Å². The van der Waals surface area contributed by atoms with Crippen molar-refractivity contribution in [3.8, 4) is 5.75 Å². The Morgan fingerprint density at radius 3 is 2.93 bits per heavy atom. The minimum absolute atomic E-state index is 0.0421. The van der Waals surface area contributed by atoms with Crippen LogP contribution in [0, 0.1) is 0 Å². The molecule has 0 amide bonds. The van der Waals surface area contributed by atoms with Crippen molar-refractivity contribution in [2.75, 3.05) is 6.61 Å². The second-order valence-corrected chi connectivity index (χ2v) is 4.89. The highest BCUT2D eigenvalue weighted by atomic mass is 79.9. The van der Waals surface area contributed by atoms with Crippen molar-refractivity contribution in [1.82, 2.24) is 0 Å². The Morgan fingerprint density at radius 1 is 1.57 bits per heavy atom. The second-order valence-electron chi connectivity index (χ2n) is 3.98. The molecule has 0 saturated carbocycles. The molecule has 0 aliphatic carbocycles. The molecule has 1 aromatic rings. The summed E-state index contributed by atoms with van der Waals surface area (Å²) in [5.41, 5.74) is 0.694. The van der Waals surface area contributed by atoms with Gasteiger partial charge in [0.2, 0.25) is 0 Å². The van der Waals surface area contributed by atoms with Crippen molar-refractivity contribution >= 4 is 15.9 Å². The van der Waals surface area contributed by atoms with Gasteiger partial charge in [-0.15, -0.1) is 0 Å². The van der Waals surface area contributed by atoms with Gasteiger partial charge in [-0.25, -0.2) is 0 Å². The Labute approximate surface area is 92.0 Å². The maximum absolute atomic E-state index is 9.30. The van der Waals surface area contributed by atoms with Gasteiger partial charge in [-0.05, 0) is 25.1 Å². The molecule has 1 aliphatic heterocycles. The van der Waals surface area contributed by atoms with Crippen molar-refractivity contribution in [2.45, 2.75) is 25.4 Å². The first kappa shape index (κ1) is 9.99. The van der Waals surface area contributed by atoms with Crippen LogP contribution >= 0.6 is 15.9 Å². The summed E-state index contributed by atoms with van der Waals surface area (Å²) in [4.78, 5) is 0. The highest BCUT2D eigenvalue weighted by Crippen LogP contribution is 2.44. The minimum atomic E-state index is -0.469. The van der Waals surface area contributed by atoms with E-state index in [0.29, 0.717) is 0 Å². The topological polar surface area (TPSA) is 29.5 Å². The number of fused-ring (bicyclic) bond motifs is 1. The van der Waals surface area contributed by atoms with Gasteiger partial charge < -0.3 is 9.84 Å². The standard InChI is InChI=1S/C11H13BrO2/c1-7-9-5-8(12)3-4-10(9)14-11(7,2)6-13/h3-5,7,13H,6H2,1-2H3. The molecule has 76 valence electrons. The molecule has 1 aromatic carbocycles. The molecule has 2 rings (SSSR count). The highest BCUT2D eigenvalue weighted by molar-refractivity contribution is 9.10. The summed E-state index contributed by atoms with van der Waals surface area (Å²) < 4.78 is 6.79. The van der Waals surface area contributed by atoms with Crippen LogP contribution in [0.4, 0.5) is 0 Å². The fourth-order valence-electron chi connectivity index (χ4n) is 1.79. The van der Waals surface area contributed by atoms with Crippen LogP contribution in [-0.4, -0.2) is 17.3 Å². The third-order valence-electron chi connectivity index (χ3n) is 3.01. The van der Waals surface area contributed by atoms with E-state index in [4.69, 9.17) is 4.74 Å². The first-order chi connectivity index (χ1) is 6.57. The maximum Gasteiger partial charge on any atom is 0.136 e. The zero-order chi connectivity index (χ0) is 10.3. The van der Waals surface area contributed by atoms with E-state index in [2.05, 4.69) is 28.9 Å². The van der Waals surface area contributed by atoms with Gasteiger partial charge in [-0.1, -0.05) is 22.9 Å². The summed E-state index contributed by atoms with van der Waals surface area (Å²) >= 11 is 3.43. The maximum atomic E-state index is 9.30. The van der Waals surface area contributed by atoms with Gasteiger partial charge in [0.1, 0.15) is 11.4 Å². The molecule has 1 aliphatic rings. The summed E-state index contributed by atoms with van der Waals surface area (Å²) in [7, 11) is 0. The number of rotatable bonds is 1. The fraction of sp³-hybridized carbons (Fsp3) is 0.455. The molecule has 1 N–H and O–H groups in total. The molecule has 2 atom stereocenters. The lowest BCUT2D eigenvalue weighted by Crippen LogP contribution is -2.37. The average Bonchev–Trinajstić information content (AvgIpc) is 2.42. The molecule has 3 heteroatoms. The molecule has 0 spiro atoms. The van der Waals surface area contributed by atoms with Gasteiger partial charge in [0.15, 0.2) is 0 Å². The predicted molar refractivity (Wildman–Crippen MR) is 58.7 cm³/mol. The number of aliphatic hydroxyl groups is 1. The number of hydrogen-bond acceptors (Lipinski definition) is 2. The largest absolute Gasteiger partial charge is 0.484 e. The van der Waals surface area contributed by atoms with Crippen LogP contribution in [0.3, 0.4) is 0 Å². The van der Waals surface area contributed by atoms with Crippen LogP contribution in [0.15, 0.2) is 22.7 Å². The summed E-state index contributed by atoms with van der Waals surface area (Å²) in [5.74, 6) is 1.11. The van der Waals surface area contributed by atoms with Crippen molar-refractivity contribution in [2.24, 2.45) is 0 Å². The van der Waals surface area contributed by atoms with Crippen molar-refractivity contribution < 1.29 is 9.84 Å². The monoisotopic (exact) mass is 256 g/mol. The van der Waals surface area contributed by atoms with Gasteiger partial charge in [-0.3, -0.25) is 0 Å². The molecule has 0 radical (unpaired) electrons. The van der Waals surface area contributed by atoms with Crippen LogP contribution < -0.4 is 4.74 Å². The van der Waals surface area contributed by atoms with Crippen LogP contribution in [0.1, 0.15) is 25.3 Å². The number of aliphatic hydroxyl groups excluding tert-OH is 1. The lowest BCUT2D eigenvalue weighted by molar-refractivity contribution is 0.0279. The lowest BCUT2D eigenvalue weighted by atomic mass is 9.88. The van der Waals surface area contributed by atoms with Crippen LogP contribution in [0.25, 0.3) is 0 Å². The number of halogens is 1. The first-order valence-electron chi connectivity index (χ1n) is 4.66. The van der Waals surface area contributed by atoms with E-state index in [0.717, 1.165) is 15.8 Å². The molecule has 1 heterocycles. The summed E-state index contributed by atoms with van der Waals surface area (Å²) in [5, 5.41) is 9.30. The Balaban J connectivity index is 2.46. The molecule has 2 unspecified atom stereocenters. The van der Waals surface area contributed by atoms with Gasteiger partial charge in [0.25, 0.3) is 0 Å². The molecular weight excluding hydrogens is 244 g/mol. The number of hydrogen-bond donors (Lipinski definition) is 1. The zero-order valence-corrected chi connectivity index (χ0v) is 9.84. The van der Waals surface area contributed by atoms with Crippen LogP contribution in [-0.2, 0) is 0 Å². The van der Waals surface area contributed by atoms with Gasteiger partial charge in [0.05, 0.1) is 6.61 Å². The fourth-order valence-corrected chi connectivity index (χ4v) is 2.17. The normalized spacial score (nSPS) is 29.9. The van der Waals surface area contributed by atoms with Crippen molar-refractivity contribution in [1.29, 1.82) is 0 Å². The summed E-state index contributed by atoms with van der Waals surface area (Å²) in [6.45, 7) is 4.06. The van der Waals surface area contributed by atoms with Crippen LogP contribution in [0.2, 0.25) is 0 Å². The quantitative estimate of drug-likeness (QED) is 0.838. The Kier molecular flexibility index (Phi) is 2.32. The molecule has 14 heavy (non-hydrogen) atoms. The van der Waals surface area contributed by atoms with Gasteiger partial charge >= 0.3 is 0 Å². The van der Waals surface area contributed by atoms with E-state index in [9.17, 15) is 5.11 Å². The van der Waals surface area contributed by atoms with E-state index in [-0.39, 0.29) is 12.5 Å². The Bertz CT molecular complexity index is 364. The Morgan fingerprint density at radius 2 is 2.29 bits per heavy atom. The molecule has 0 aromatic heterocycles. The average molecular weight is 257 g/mol. The summed E-state index contributed by atoms with van der Waals surface area (Å²) in [6, 6.07) is 5.95. The number of benzene rings is 1. The van der Waals surface area contributed by atoms with Crippen molar-refractivity contribution in [3.05, 3.63) is 28.2 Å². The van der Waals surface area contributed by atoms with E-state index in [1.807, 2.05) is 19.1 Å². The molecule has 0 bridgehead atoms. The van der Waals surface area contributed by atoms with Gasteiger partial charge in [0, 0.05) is 16.0 Å². The summed E-state index contributed by atoms with van der Waals surface area (Å²) in [6.07, 6.45) is 0. The number of ether oxygens (including phenoxy) is 1. The molecule has 0 fully saturated rings. The Hall–Kier alpha value is -0.540.